The van der Waals surface area contributed by atoms with Crippen LogP contribution in [0.4, 0.5) is 0 Å². The van der Waals surface area contributed by atoms with Gasteiger partial charge in [0, 0.05) is 11.8 Å². The topological polar surface area (TPSA) is 74.6 Å². The van der Waals surface area contributed by atoms with Gasteiger partial charge in [-0.3, -0.25) is 9.59 Å². The van der Waals surface area contributed by atoms with E-state index in [9.17, 15) is 19.8 Å². The molecule has 0 aliphatic heterocycles. The number of hydrogen-bond donors (Lipinski definition) is 2. The largest absolute Gasteiger partial charge is 0.388 e. The van der Waals surface area contributed by atoms with E-state index in [4.69, 9.17) is 0 Å². The Bertz CT molecular complexity index is 1100. The van der Waals surface area contributed by atoms with Crippen LogP contribution in [-0.2, 0) is 9.59 Å². The second-order valence-electron chi connectivity index (χ2n) is 18.2. The molecule has 3 aliphatic rings. The first-order valence-electron chi connectivity index (χ1n) is 23.3. The Kier molecular flexibility index (Phi) is 21.4. The monoisotopic (exact) mass is 749 g/mol. The van der Waals surface area contributed by atoms with Gasteiger partial charge in [-0.2, -0.15) is 0 Å². The van der Waals surface area contributed by atoms with E-state index >= 15 is 0 Å². The molecule has 0 saturated heterocycles. The summed E-state index contributed by atoms with van der Waals surface area (Å²) in [6, 6.07) is 0. The predicted octanol–water partition coefficient (Wildman–Crippen LogP) is 13.3. The van der Waals surface area contributed by atoms with Crippen LogP contribution in [0.2, 0.25) is 0 Å². The average Bonchev–Trinajstić information content (AvgIpc) is 3.17. The number of aliphatic hydroxyl groups excluding tert-OH is 2. The smallest absolute Gasteiger partial charge is 0.148 e. The highest BCUT2D eigenvalue weighted by atomic mass is 16.3. The van der Waals surface area contributed by atoms with Crippen molar-refractivity contribution < 1.29 is 19.8 Å². The molecule has 0 amide bonds. The lowest BCUT2D eigenvalue weighted by molar-refractivity contribution is -0.140. The second-order valence-corrected chi connectivity index (χ2v) is 18.2. The predicted molar refractivity (Wildman–Crippen MR) is 229 cm³/mol. The van der Waals surface area contributed by atoms with E-state index in [0.717, 1.165) is 89.9 Å². The van der Waals surface area contributed by atoms with Crippen molar-refractivity contribution in [2.75, 3.05) is 0 Å². The molecule has 8 unspecified atom stereocenters. The molecule has 0 aromatic rings. The van der Waals surface area contributed by atoms with Crippen LogP contribution in [0.15, 0.2) is 48.6 Å². The summed E-state index contributed by atoms with van der Waals surface area (Å²) in [5.74, 6) is 1.59. The Labute approximate surface area is 333 Å². The fourth-order valence-corrected chi connectivity index (χ4v) is 11.0. The molecular weight excluding hydrogens is 665 g/mol. The quantitative estimate of drug-likeness (QED) is 0.0781. The van der Waals surface area contributed by atoms with Crippen LogP contribution in [0.25, 0.3) is 0 Å². The van der Waals surface area contributed by atoms with E-state index in [1.165, 1.54) is 64.2 Å². The van der Waals surface area contributed by atoms with Crippen molar-refractivity contribution in [1.82, 2.24) is 0 Å². The Morgan fingerprint density at radius 3 is 1.20 bits per heavy atom. The van der Waals surface area contributed by atoms with E-state index in [1.807, 2.05) is 36.5 Å². The first kappa shape index (κ1) is 46.6. The van der Waals surface area contributed by atoms with Gasteiger partial charge in [0.15, 0.2) is 0 Å². The molecule has 3 rings (SSSR count). The van der Waals surface area contributed by atoms with Crippen LogP contribution in [-0.4, -0.2) is 34.0 Å². The van der Waals surface area contributed by atoms with Crippen molar-refractivity contribution in [1.29, 1.82) is 0 Å². The highest BCUT2D eigenvalue weighted by molar-refractivity contribution is 5.91. The lowest BCUT2D eigenvalue weighted by atomic mass is 9.60. The SMILES string of the molecule is CCCCCCCCC(CCC)C1(C(=O)C(C)CC2CCC(CC(C)C(=O)C3(C(CCC)CCCCCCCC)C=CC=CC3O)CC2)C=CC=CC1O. The van der Waals surface area contributed by atoms with Crippen LogP contribution in [0.1, 0.15) is 196 Å². The van der Waals surface area contributed by atoms with Crippen LogP contribution in [0.5, 0.6) is 0 Å². The lowest BCUT2D eigenvalue weighted by Gasteiger charge is -2.44. The third-order valence-corrected chi connectivity index (χ3v) is 14.1. The summed E-state index contributed by atoms with van der Waals surface area (Å²) in [7, 11) is 0. The highest BCUT2D eigenvalue weighted by Crippen LogP contribution is 2.48. The molecule has 0 spiro atoms. The van der Waals surface area contributed by atoms with Crippen molar-refractivity contribution in [3.63, 3.8) is 0 Å². The number of allylic oxidation sites excluding steroid dienone is 4. The van der Waals surface area contributed by atoms with Crippen LogP contribution in [0, 0.1) is 46.3 Å². The summed E-state index contributed by atoms with van der Waals surface area (Å²) in [5, 5.41) is 23.1. The van der Waals surface area contributed by atoms with Gasteiger partial charge < -0.3 is 10.2 Å². The number of aliphatic hydroxyl groups is 2. The minimum atomic E-state index is -0.825. The van der Waals surface area contributed by atoms with Gasteiger partial charge in [-0.15, -0.1) is 0 Å². The van der Waals surface area contributed by atoms with Crippen molar-refractivity contribution in [3.05, 3.63) is 48.6 Å². The number of Topliss-reactive ketones (excluding diaryl/α,β-unsaturated/α-hetero) is 2. The molecular formula is C50H84O4. The van der Waals surface area contributed by atoms with Crippen molar-refractivity contribution in [3.8, 4) is 0 Å². The maximum Gasteiger partial charge on any atom is 0.148 e. The summed E-state index contributed by atoms with van der Waals surface area (Å²) < 4.78 is 0. The van der Waals surface area contributed by atoms with Gasteiger partial charge in [-0.05, 0) is 62.2 Å². The molecule has 0 aromatic carbocycles. The fraction of sp³-hybridized carbons (Fsp3) is 0.800. The molecule has 0 aromatic heterocycles. The van der Waals surface area contributed by atoms with Gasteiger partial charge in [-0.1, -0.05) is 206 Å². The number of rotatable bonds is 28. The van der Waals surface area contributed by atoms with Crippen LogP contribution in [0.3, 0.4) is 0 Å². The molecule has 3 aliphatic carbocycles. The molecule has 4 heteroatoms. The minimum absolute atomic E-state index is 0.101. The summed E-state index contributed by atoms with van der Waals surface area (Å²) in [6.45, 7) is 13.2. The normalized spacial score (nSPS) is 28.9. The molecule has 0 bridgehead atoms. The molecule has 1 saturated carbocycles. The number of ketones is 2. The maximum atomic E-state index is 14.6. The molecule has 0 heterocycles. The van der Waals surface area contributed by atoms with E-state index in [0.29, 0.717) is 11.8 Å². The zero-order valence-electron chi connectivity index (χ0n) is 35.9. The first-order valence-corrected chi connectivity index (χ1v) is 23.3. The number of carbonyl (C=O) groups excluding carboxylic acids is 2. The van der Waals surface area contributed by atoms with Crippen molar-refractivity contribution >= 4 is 11.6 Å². The molecule has 308 valence electrons. The zero-order valence-corrected chi connectivity index (χ0v) is 35.9. The molecule has 2 N–H and O–H groups in total. The van der Waals surface area contributed by atoms with Crippen molar-refractivity contribution in [2.45, 2.75) is 208 Å². The van der Waals surface area contributed by atoms with Crippen molar-refractivity contribution in [2.24, 2.45) is 46.3 Å². The number of hydrogen-bond acceptors (Lipinski definition) is 4. The van der Waals surface area contributed by atoms with Gasteiger partial charge >= 0.3 is 0 Å². The van der Waals surface area contributed by atoms with Gasteiger partial charge in [0.2, 0.25) is 0 Å². The first-order chi connectivity index (χ1) is 26.1. The Hall–Kier alpha value is -1.78. The fourth-order valence-electron chi connectivity index (χ4n) is 11.0. The second kappa shape index (κ2) is 24.8. The number of unbranched alkanes of at least 4 members (excludes halogenated alkanes) is 10. The summed E-state index contributed by atoms with van der Waals surface area (Å²) in [5.41, 5.74) is -1.65. The van der Waals surface area contributed by atoms with E-state index in [1.54, 1.807) is 0 Å². The van der Waals surface area contributed by atoms with Gasteiger partial charge in [0.25, 0.3) is 0 Å². The Morgan fingerprint density at radius 2 is 0.870 bits per heavy atom. The minimum Gasteiger partial charge on any atom is -0.388 e. The maximum absolute atomic E-state index is 14.6. The van der Waals surface area contributed by atoms with E-state index < -0.39 is 23.0 Å². The van der Waals surface area contributed by atoms with E-state index in [2.05, 4.69) is 53.7 Å². The lowest BCUT2D eigenvalue weighted by Crippen LogP contribution is -2.49. The highest BCUT2D eigenvalue weighted by Gasteiger charge is 2.51. The van der Waals surface area contributed by atoms with Gasteiger partial charge in [-0.25, -0.2) is 0 Å². The van der Waals surface area contributed by atoms with Crippen LogP contribution >= 0.6 is 0 Å². The Morgan fingerprint density at radius 1 is 0.519 bits per heavy atom. The summed E-state index contributed by atoms with van der Waals surface area (Å²) in [4.78, 5) is 29.2. The standard InChI is InChI=1S/C50H84O4/c1-7-11-13-15-17-19-27-43(25-9-3)49(35-23-21-29-45(49)51)47(53)39(5)37-41-31-33-42(34-32-41)38-40(6)48(54)50(36-24-22-30-46(50)52)44(26-10-4)28-20-18-16-14-12-8-2/h21-24,29-30,35-36,39-46,51-52H,7-20,25-28,31-34,37-38H2,1-6H3. The van der Waals surface area contributed by atoms with E-state index in [-0.39, 0.29) is 35.2 Å². The average molecular weight is 749 g/mol. The van der Waals surface area contributed by atoms with Crippen LogP contribution < -0.4 is 0 Å². The Balaban J connectivity index is 1.62. The third-order valence-electron chi connectivity index (χ3n) is 14.1. The molecule has 4 nitrogen and oxygen atoms in total. The summed E-state index contributed by atoms with van der Waals surface area (Å²) >= 11 is 0. The van der Waals surface area contributed by atoms with Gasteiger partial charge in [0.05, 0.1) is 23.0 Å². The molecule has 8 atom stereocenters. The molecule has 0 radical (unpaired) electrons. The number of carbonyl (C=O) groups is 2. The zero-order chi connectivity index (χ0) is 39.4. The third kappa shape index (κ3) is 12.6. The van der Waals surface area contributed by atoms with Gasteiger partial charge in [0.1, 0.15) is 11.6 Å². The molecule has 1 fully saturated rings. The molecule has 54 heavy (non-hydrogen) atoms. The summed E-state index contributed by atoms with van der Waals surface area (Å²) in [6.07, 6.45) is 41.1.